The Kier molecular flexibility index (Phi) is 6.75. The number of carbonyl (C=O) groups excluding carboxylic acids is 2. The Labute approximate surface area is 200 Å². The Balaban J connectivity index is 1.39. The summed E-state index contributed by atoms with van der Waals surface area (Å²) in [6, 6.07) is 13.4. The molecule has 0 saturated heterocycles. The molecular formula is C23H22N4O5S2. The summed E-state index contributed by atoms with van der Waals surface area (Å²) in [5.41, 5.74) is 2.61. The molecule has 2 heterocycles. The van der Waals surface area contributed by atoms with Gasteiger partial charge in [0, 0.05) is 23.7 Å². The van der Waals surface area contributed by atoms with Crippen LogP contribution in [0.1, 0.15) is 23.6 Å². The van der Waals surface area contributed by atoms with Gasteiger partial charge in [-0.3, -0.25) is 14.5 Å². The summed E-state index contributed by atoms with van der Waals surface area (Å²) in [6.07, 6.45) is 1.83. The zero-order chi connectivity index (χ0) is 24.3. The Morgan fingerprint density at radius 2 is 1.88 bits per heavy atom. The summed E-state index contributed by atoms with van der Waals surface area (Å²) in [4.78, 5) is 33.4. The molecule has 1 unspecified atom stereocenters. The lowest BCUT2D eigenvalue weighted by molar-refractivity contribution is -0.148. The summed E-state index contributed by atoms with van der Waals surface area (Å²) in [5.74, 6) is -1.31. The van der Waals surface area contributed by atoms with Crippen LogP contribution in [0.3, 0.4) is 0 Å². The number of aromatic nitrogens is 1. The van der Waals surface area contributed by atoms with Crippen molar-refractivity contribution in [2.45, 2.75) is 31.3 Å². The second-order valence-corrected chi connectivity index (χ2v) is 10.2. The van der Waals surface area contributed by atoms with Crippen molar-refractivity contribution in [3.63, 3.8) is 0 Å². The number of benzene rings is 2. The van der Waals surface area contributed by atoms with E-state index in [2.05, 4.69) is 14.7 Å². The second kappa shape index (κ2) is 9.74. The van der Waals surface area contributed by atoms with Crippen LogP contribution in [-0.4, -0.2) is 43.3 Å². The number of fused-ring (bicyclic) bond motifs is 1. The van der Waals surface area contributed by atoms with Gasteiger partial charge in [0.15, 0.2) is 11.4 Å². The van der Waals surface area contributed by atoms with Gasteiger partial charge in [0.1, 0.15) is 11.9 Å². The van der Waals surface area contributed by atoms with Crippen LogP contribution in [0, 0.1) is 6.92 Å². The summed E-state index contributed by atoms with van der Waals surface area (Å²) in [6.45, 7) is 3.49. The van der Waals surface area contributed by atoms with E-state index in [4.69, 9.17) is 4.74 Å². The van der Waals surface area contributed by atoms with Gasteiger partial charge in [-0.25, -0.2) is 13.2 Å². The lowest BCUT2D eigenvalue weighted by atomic mass is 10.1. The van der Waals surface area contributed by atoms with Gasteiger partial charge in [0.05, 0.1) is 4.90 Å². The second-order valence-electron chi connectivity index (χ2n) is 7.67. The number of aryl methyl sites for hydroxylation is 1. The summed E-state index contributed by atoms with van der Waals surface area (Å²) in [5, 5.41) is 1.82. The Morgan fingerprint density at radius 3 is 2.65 bits per heavy atom. The summed E-state index contributed by atoms with van der Waals surface area (Å²) in [7, 11) is -3.71. The molecule has 1 aliphatic heterocycles. The Morgan fingerprint density at radius 1 is 1.15 bits per heavy atom. The van der Waals surface area contributed by atoms with Crippen LogP contribution in [0.2, 0.25) is 0 Å². The van der Waals surface area contributed by atoms with Gasteiger partial charge in [0.25, 0.3) is 15.9 Å². The molecule has 1 aliphatic rings. The molecule has 176 valence electrons. The quantitative estimate of drug-likeness (QED) is 0.522. The minimum atomic E-state index is -3.71. The third-order valence-corrected chi connectivity index (χ3v) is 7.21. The van der Waals surface area contributed by atoms with Crippen LogP contribution in [0.5, 0.6) is 0 Å². The highest BCUT2D eigenvalue weighted by Crippen LogP contribution is 2.22. The van der Waals surface area contributed by atoms with E-state index in [9.17, 15) is 18.0 Å². The van der Waals surface area contributed by atoms with E-state index in [1.165, 1.54) is 24.3 Å². The van der Waals surface area contributed by atoms with Crippen molar-refractivity contribution in [3.8, 4) is 0 Å². The minimum Gasteiger partial charge on any atom is -0.454 e. The molecule has 1 N–H and O–H groups in total. The average molecular weight is 499 g/mol. The fraction of sp³-hybridized carbons (Fsp3) is 0.217. The maximum absolute atomic E-state index is 12.3. The van der Waals surface area contributed by atoms with Gasteiger partial charge in [-0.2, -0.15) is 4.99 Å². The number of nitrogens with zero attached hydrogens (tertiary/aromatic N) is 3. The lowest BCUT2D eigenvalue weighted by Crippen LogP contribution is -2.28. The topological polar surface area (TPSA) is 119 Å². The van der Waals surface area contributed by atoms with Crippen molar-refractivity contribution in [1.29, 1.82) is 0 Å². The third-order valence-electron chi connectivity index (χ3n) is 5.02. The minimum absolute atomic E-state index is 0.0618. The Bertz CT molecular complexity index is 1440. The molecular weight excluding hydrogens is 476 g/mol. The number of carbonyl (C=O) groups is 2. The summed E-state index contributed by atoms with van der Waals surface area (Å²) < 4.78 is 33.6. The highest BCUT2D eigenvalue weighted by Gasteiger charge is 2.31. The highest BCUT2D eigenvalue weighted by molar-refractivity contribution is 7.90. The standard InChI is InChI=1S/C23H22N4O5S2/c1-15-7-9-17(10-8-15)13-27-11-12-33-23(27)25-20(28)14-32-22(29)16(2)24-21-18-5-3-4-6-19(18)34(30,31)26-21/h3-12,16H,13-14H2,1-2H3,(H,24,26). The first-order valence-electron chi connectivity index (χ1n) is 10.4. The van der Waals surface area contributed by atoms with Crippen molar-refractivity contribution in [2.75, 3.05) is 6.61 Å². The fourth-order valence-electron chi connectivity index (χ4n) is 3.27. The SMILES string of the molecule is Cc1ccc(Cn2ccsc2=NC(=O)COC(=O)C(C)N=C2NS(=O)(=O)c3ccccc32)cc1. The number of thiazole rings is 1. The van der Waals surface area contributed by atoms with E-state index >= 15 is 0 Å². The normalized spacial score (nSPS) is 16.6. The number of aliphatic imine (C=N–C) groups is 1. The van der Waals surface area contributed by atoms with Crippen LogP contribution in [-0.2, 0) is 30.9 Å². The van der Waals surface area contributed by atoms with Crippen molar-refractivity contribution < 1.29 is 22.7 Å². The molecule has 1 atom stereocenters. The van der Waals surface area contributed by atoms with Gasteiger partial charge >= 0.3 is 5.97 Å². The number of amidine groups is 1. The van der Waals surface area contributed by atoms with E-state index in [1.807, 2.05) is 47.3 Å². The monoisotopic (exact) mass is 498 g/mol. The van der Waals surface area contributed by atoms with Crippen LogP contribution < -0.4 is 9.52 Å². The molecule has 34 heavy (non-hydrogen) atoms. The number of nitrogens with one attached hydrogen (secondary N) is 1. The van der Waals surface area contributed by atoms with Crippen LogP contribution >= 0.6 is 11.3 Å². The molecule has 3 aromatic rings. The molecule has 0 spiro atoms. The van der Waals surface area contributed by atoms with Gasteiger partial charge in [0.2, 0.25) is 0 Å². The number of ether oxygens (including phenoxy) is 1. The first kappa shape index (κ1) is 23.6. The number of amides is 1. The third kappa shape index (κ3) is 5.32. The fourth-order valence-corrected chi connectivity index (χ4v) is 5.25. The van der Waals surface area contributed by atoms with E-state index in [1.54, 1.807) is 18.2 Å². The number of esters is 1. The molecule has 0 fully saturated rings. The lowest BCUT2D eigenvalue weighted by Gasteiger charge is -2.08. The largest absolute Gasteiger partial charge is 0.454 e. The molecule has 1 aromatic heterocycles. The predicted octanol–water partition coefficient (Wildman–Crippen LogP) is 2.00. The average Bonchev–Trinajstić information content (AvgIpc) is 3.34. The molecule has 2 aromatic carbocycles. The van der Waals surface area contributed by atoms with E-state index in [0.717, 1.165) is 11.1 Å². The van der Waals surface area contributed by atoms with Crippen molar-refractivity contribution >= 4 is 39.1 Å². The van der Waals surface area contributed by atoms with E-state index in [0.29, 0.717) is 16.9 Å². The number of hydrogen-bond donors (Lipinski definition) is 1. The van der Waals surface area contributed by atoms with Crippen molar-refractivity contribution in [2.24, 2.45) is 9.98 Å². The molecule has 11 heteroatoms. The van der Waals surface area contributed by atoms with Crippen LogP contribution in [0.15, 0.2) is 75.0 Å². The number of hydrogen-bond acceptors (Lipinski definition) is 7. The van der Waals surface area contributed by atoms with Gasteiger partial charge < -0.3 is 9.30 Å². The number of rotatable bonds is 6. The highest BCUT2D eigenvalue weighted by atomic mass is 32.2. The maximum Gasteiger partial charge on any atom is 0.331 e. The first-order chi connectivity index (χ1) is 16.2. The van der Waals surface area contributed by atoms with Gasteiger partial charge in [-0.05, 0) is 31.5 Å². The van der Waals surface area contributed by atoms with Crippen molar-refractivity contribution in [3.05, 3.63) is 81.6 Å². The zero-order valence-corrected chi connectivity index (χ0v) is 20.1. The van der Waals surface area contributed by atoms with Crippen LogP contribution in [0.4, 0.5) is 0 Å². The summed E-state index contributed by atoms with van der Waals surface area (Å²) >= 11 is 1.30. The number of sulfonamides is 1. The van der Waals surface area contributed by atoms with Crippen LogP contribution in [0.25, 0.3) is 0 Å². The molecule has 0 bridgehead atoms. The van der Waals surface area contributed by atoms with Gasteiger partial charge in [-0.1, -0.05) is 42.0 Å². The maximum atomic E-state index is 12.3. The molecule has 4 rings (SSSR count). The van der Waals surface area contributed by atoms with E-state index < -0.39 is 34.5 Å². The van der Waals surface area contributed by atoms with Crippen molar-refractivity contribution in [1.82, 2.24) is 9.29 Å². The molecule has 0 saturated carbocycles. The van der Waals surface area contributed by atoms with Gasteiger partial charge in [-0.15, -0.1) is 11.3 Å². The smallest absolute Gasteiger partial charge is 0.331 e. The molecule has 1 amide bonds. The zero-order valence-electron chi connectivity index (χ0n) is 18.5. The molecule has 0 radical (unpaired) electrons. The van der Waals surface area contributed by atoms with E-state index in [-0.39, 0.29) is 10.7 Å². The first-order valence-corrected chi connectivity index (χ1v) is 12.7. The molecule has 9 nitrogen and oxygen atoms in total. The Hall–Kier alpha value is -3.57. The predicted molar refractivity (Wildman–Crippen MR) is 127 cm³/mol. The molecule has 0 aliphatic carbocycles.